The fraction of sp³-hybridized carbons (Fsp3) is 0.0385. The highest BCUT2D eigenvalue weighted by molar-refractivity contribution is 6.08. The Morgan fingerprint density at radius 3 is 2.38 bits per heavy atom. The molecule has 0 unspecified atom stereocenters. The maximum absolute atomic E-state index is 15.2. The molecule has 0 aliphatic heterocycles. The molecule has 0 aliphatic rings. The summed E-state index contributed by atoms with van der Waals surface area (Å²) < 4.78 is 36.0. The van der Waals surface area contributed by atoms with E-state index in [9.17, 15) is 14.0 Å². The van der Waals surface area contributed by atoms with Crippen molar-refractivity contribution < 1.29 is 23.1 Å². The van der Waals surface area contributed by atoms with Gasteiger partial charge in [-0.15, -0.1) is 0 Å². The number of halogens is 2. The first-order valence-electron chi connectivity index (χ1n) is 11.0. The second-order valence-electron chi connectivity index (χ2n) is 7.93. The van der Waals surface area contributed by atoms with E-state index in [-0.39, 0.29) is 23.0 Å². The number of nitrogens with two attached hydrogens (primary N) is 1. The van der Waals surface area contributed by atoms with Crippen LogP contribution in [0.1, 0.15) is 6.42 Å². The Hall–Kier alpha value is -5.19. The minimum absolute atomic E-state index is 0.0956. The fourth-order valence-electron chi connectivity index (χ4n) is 3.76. The van der Waals surface area contributed by atoms with Gasteiger partial charge in [0, 0.05) is 35.9 Å². The Kier molecular flexibility index (Phi) is 6.25. The first-order chi connectivity index (χ1) is 17.9. The number of rotatable bonds is 7. The van der Waals surface area contributed by atoms with Crippen molar-refractivity contribution in [3.63, 3.8) is 0 Å². The van der Waals surface area contributed by atoms with E-state index in [1.54, 1.807) is 29.2 Å². The molecule has 2 aromatic carbocycles. The van der Waals surface area contributed by atoms with Gasteiger partial charge in [0.25, 0.3) is 0 Å². The molecule has 2 amide bonds. The molecule has 5 aromatic rings. The Balaban J connectivity index is 1.48. The summed E-state index contributed by atoms with van der Waals surface area (Å²) >= 11 is 0. The molecule has 0 saturated heterocycles. The molecule has 0 radical (unpaired) electrons. The number of primary amides is 1. The molecular weight excluding hydrogens is 482 g/mol. The van der Waals surface area contributed by atoms with Crippen molar-refractivity contribution in [1.29, 1.82) is 0 Å². The van der Waals surface area contributed by atoms with Crippen molar-refractivity contribution in [2.24, 2.45) is 5.73 Å². The molecule has 3 aromatic heterocycles. The van der Waals surface area contributed by atoms with E-state index in [1.807, 2.05) is 12.1 Å². The largest absolute Gasteiger partial charge is 0.434 e. The Bertz CT molecular complexity index is 1610. The molecule has 0 aliphatic carbocycles. The summed E-state index contributed by atoms with van der Waals surface area (Å²) in [5.41, 5.74) is 7.75. The van der Waals surface area contributed by atoms with Crippen LogP contribution in [-0.2, 0) is 9.59 Å². The van der Waals surface area contributed by atoms with Gasteiger partial charge in [-0.25, -0.2) is 13.3 Å². The van der Waals surface area contributed by atoms with Gasteiger partial charge in [0.05, 0.1) is 5.69 Å². The van der Waals surface area contributed by atoms with Crippen LogP contribution in [0.2, 0.25) is 0 Å². The minimum Gasteiger partial charge on any atom is -0.434 e. The van der Waals surface area contributed by atoms with E-state index in [4.69, 9.17) is 10.5 Å². The highest BCUT2D eigenvalue weighted by Gasteiger charge is 2.22. The zero-order chi connectivity index (χ0) is 25.9. The number of benzene rings is 2. The van der Waals surface area contributed by atoms with Gasteiger partial charge in [-0.05, 0) is 60.2 Å². The Morgan fingerprint density at radius 1 is 0.946 bits per heavy atom. The molecule has 2 N–H and O–H groups in total. The summed E-state index contributed by atoms with van der Waals surface area (Å²) in [6, 6.07) is 14.3. The van der Waals surface area contributed by atoms with Gasteiger partial charge in [-0.3, -0.25) is 19.5 Å². The van der Waals surface area contributed by atoms with Crippen molar-refractivity contribution in [3.8, 4) is 22.8 Å². The average Bonchev–Trinajstić information content (AvgIpc) is 3.33. The monoisotopic (exact) mass is 500 g/mol. The van der Waals surface area contributed by atoms with Crippen LogP contribution in [0.5, 0.6) is 11.6 Å². The van der Waals surface area contributed by atoms with E-state index in [0.29, 0.717) is 5.52 Å². The molecular formula is C26H18F2N6O3. The van der Waals surface area contributed by atoms with Crippen LogP contribution in [0.25, 0.3) is 16.6 Å². The van der Waals surface area contributed by atoms with Crippen LogP contribution < -0.4 is 15.4 Å². The van der Waals surface area contributed by atoms with E-state index in [0.717, 1.165) is 34.2 Å². The van der Waals surface area contributed by atoms with Crippen LogP contribution in [0.3, 0.4) is 0 Å². The number of hydrogen-bond acceptors (Lipinski definition) is 6. The summed E-state index contributed by atoms with van der Waals surface area (Å²) in [7, 11) is 0. The normalized spacial score (nSPS) is 10.9. The first kappa shape index (κ1) is 23.5. The van der Waals surface area contributed by atoms with Crippen LogP contribution in [0, 0.1) is 11.6 Å². The third kappa shape index (κ3) is 4.96. The molecule has 184 valence electrons. The lowest BCUT2D eigenvalue weighted by Gasteiger charge is -2.23. The lowest BCUT2D eigenvalue weighted by Crippen LogP contribution is -2.30. The van der Waals surface area contributed by atoms with Crippen molar-refractivity contribution in [3.05, 3.63) is 97.2 Å². The molecule has 9 nitrogen and oxygen atoms in total. The summed E-state index contributed by atoms with van der Waals surface area (Å²) in [4.78, 5) is 33.3. The third-order valence-electron chi connectivity index (χ3n) is 5.42. The molecule has 11 heteroatoms. The van der Waals surface area contributed by atoms with Gasteiger partial charge in [-0.1, -0.05) is 0 Å². The van der Waals surface area contributed by atoms with Crippen molar-refractivity contribution >= 4 is 28.7 Å². The molecule has 0 atom stereocenters. The lowest BCUT2D eigenvalue weighted by atomic mass is 10.1. The number of amides is 2. The van der Waals surface area contributed by atoms with Gasteiger partial charge in [-0.2, -0.15) is 10.1 Å². The number of pyridine rings is 1. The molecule has 0 spiro atoms. The van der Waals surface area contributed by atoms with Gasteiger partial charge in [0.15, 0.2) is 11.6 Å². The van der Waals surface area contributed by atoms with E-state index < -0.39 is 29.9 Å². The number of ether oxygens (including phenoxy) is 1. The number of hydrogen-bond donors (Lipinski definition) is 1. The van der Waals surface area contributed by atoms with Crippen LogP contribution in [0.15, 0.2) is 85.6 Å². The average molecular weight is 500 g/mol. The molecule has 0 fully saturated rings. The van der Waals surface area contributed by atoms with Crippen molar-refractivity contribution in [1.82, 2.24) is 19.6 Å². The highest BCUT2D eigenvalue weighted by atomic mass is 19.1. The Morgan fingerprint density at radius 2 is 1.68 bits per heavy atom. The summed E-state index contributed by atoms with van der Waals surface area (Å²) in [5.74, 6) is -2.92. The number of aromatic nitrogens is 4. The van der Waals surface area contributed by atoms with Gasteiger partial charge in [0.1, 0.15) is 24.1 Å². The summed E-state index contributed by atoms with van der Waals surface area (Å²) in [6.07, 6.45) is 5.78. The quantitative estimate of drug-likeness (QED) is 0.331. The third-order valence-corrected chi connectivity index (χ3v) is 5.42. The second kappa shape index (κ2) is 9.82. The smallest absolute Gasteiger partial charge is 0.247 e. The maximum Gasteiger partial charge on any atom is 0.247 e. The van der Waals surface area contributed by atoms with Crippen LogP contribution in [0.4, 0.5) is 20.2 Å². The second-order valence-corrected chi connectivity index (χ2v) is 7.93. The fourth-order valence-corrected chi connectivity index (χ4v) is 3.76. The van der Waals surface area contributed by atoms with Gasteiger partial charge < -0.3 is 10.5 Å². The SMILES string of the molecule is NC(=O)CC(=O)N(c1ccc(F)cc1)c1ccc(Oc2ncnn3cc(-c4ccncc4)cc23)c(F)c1. The zero-order valence-corrected chi connectivity index (χ0v) is 19.1. The molecule has 37 heavy (non-hydrogen) atoms. The topological polar surface area (TPSA) is 116 Å². The molecule has 0 bridgehead atoms. The lowest BCUT2D eigenvalue weighted by molar-refractivity contribution is -0.125. The number of carbonyl (C=O) groups excluding carboxylic acids is 2. The van der Waals surface area contributed by atoms with Gasteiger partial charge >= 0.3 is 0 Å². The zero-order valence-electron chi connectivity index (χ0n) is 19.1. The van der Waals surface area contributed by atoms with E-state index in [1.165, 1.54) is 30.6 Å². The number of anilines is 2. The summed E-state index contributed by atoms with van der Waals surface area (Å²) in [5, 5.41) is 4.18. The predicted molar refractivity (Wildman–Crippen MR) is 130 cm³/mol. The van der Waals surface area contributed by atoms with E-state index >= 15 is 4.39 Å². The van der Waals surface area contributed by atoms with Gasteiger partial charge in [0.2, 0.25) is 17.7 Å². The van der Waals surface area contributed by atoms with Crippen molar-refractivity contribution in [2.45, 2.75) is 6.42 Å². The van der Waals surface area contributed by atoms with Crippen LogP contribution in [-0.4, -0.2) is 31.4 Å². The maximum atomic E-state index is 15.2. The minimum atomic E-state index is -0.858. The highest BCUT2D eigenvalue weighted by Crippen LogP contribution is 2.33. The van der Waals surface area contributed by atoms with E-state index in [2.05, 4.69) is 15.1 Å². The Labute approximate surface area is 208 Å². The predicted octanol–water partition coefficient (Wildman–Crippen LogP) is 4.40. The molecule has 3 heterocycles. The number of nitrogens with zero attached hydrogens (tertiary/aromatic N) is 5. The van der Waals surface area contributed by atoms with Crippen molar-refractivity contribution in [2.75, 3.05) is 4.90 Å². The molecule has 5 rings (SSSR count). The standard InChI is InChI=1S/C26H18F2N6O3/c27-18-1-3-19(4-2-18)34(25(36)13-24(29)35)20-5-6-23(21(28)12-20)37-26-22-11-17(14-33(22)32-15-31-26)16-7-9-30-10-8-16/h1-12,14-15H,13H2,(H2,29,35). The summed E-state index contributed by atoms with van der Waals surface area (Å²) in [6.45, 7) is 0. The first-order valence-corrected chi connectivity index (χ1v) is 11.0. The number of carbonyl (C=O) groups is 2. The number of fused-ring (bicyclic) bond motifs is 1. The van der Waals surface area contributed by atoms with Crippen LogP contribution >= 0.6 is 0 Å². The molecule has 0 saturated carbocycles.